The molecule has 1 saturated heterocycles. The predicted octanol–water partition coefficient (Wildman–Crippen LogP) is 3.47. The summed E-state index contributed by atoms with van der Waals surface area (Å²) in [6, 6.07) is 6.17. The average molecular weight is 321 g/mol. The Morgan fingerprint density at radius 1 is 1.45 bits per heavy atom. The summed E-state index contributed by atoms with van der Waals surface area (Å²) in [7, 11) is 0. The number of hydrogen-bond donors (Lipinski definition) is 2. The summed E-state index contributed by atoms with van der Waals surface area (Å²) in [6.45, 7) is 4.38. The Morgan fingerprint density at radius 3 is 3.09 bits per heavy atom. The summed E-state index contributed by atoms with van der Waals surface area (Å²) in [4.78, 5) is 12.4. The standard InChI is InChI=1S/C18H25ClN2O/c1-12(14-3-2-8-20-11-14)9-18(22)21-17-7-4-13-10-15(19)5-6-16(13)17/h5-6,10,12,14,17,20H,2-4,7-9,11H2,1H3,(H,21,22). The predicted molar refractivity (Wildman–Crippen MR) is 90.0 cm³/mol. The van der Waals surface area contributed by atoms with Gasteiger partial charge < -0.3 is 10.6 Å². The van der Waals surface area contributed by atoms with Gasteiger partial charge in [-0.2, -0.15) is 0 Å². The first-order valence-electron chi connectivity index (χ1n) is 8.42. The third-order valence-electron chi connectivity index (χ3n) is 5.17. The first-order valence-corrected chi connectivity index (χ1v) is 8.79. The summed E-state index contributed by atoms with van der Waals surface area (Å²) in [6.07, 6.45) is 5.09. The van der Waals surface area contributed by atoms with Gasteiger partial charge in [-0.05, 0) is 73.9 Å². The Balaban J connectivity index is 1.54. The molecular formula is C18H25ClN2O. The molecule has 120 valence electrons. The maximum absolute atomic E-state index is 12.4. The van der Waals surface area contributed by atoms with E-state index >= 15 is 0 Å². The van der Waals surface area contributed by atoms with Gasteiger partial charge in [-0.3, -0.25) is 4.79 Å². The highest BCUT2D eigenvalue weighted by Crippen LogP contribution is 2.33. The lowest BCUT2D eigenvalue weighted by atomic mass is 9.85. The summed E-state index contributed by atoms with van der Waals surface area (Å²) in [5, 5.41) is 7.44. The van der Waals surface area contributed by atoms with E-state index in [-0.39, 0.29) is 11.9 Å². The van der Waals surface area contributed by atoms with Crippen molar-refractivity contribution in [2.24, 2.45) is 11.8 Å². The van der Waals surface area contributed by atoms with E-state index in [1.54, 1.807) is 0 Å². The van der Waals surface area contributed by atoms with Gasteiger partial charge in [0, 0.05) is 11.4 Å². The minimum Gasteiger partial charge on any atom is -0.349 e. The summed E-state index contributed by atoms with van der Waals surface area (Å²) < 4.78 is 0. The van der Waals surface area contributed by atoms with Crippen LogP contribution in [0.4, 0.5) is 0 Å². The number of aryl methyl sites for hydroxylation is 1. The average Bonchev–Trinajstić information content (AvgIpc) is 2.90. The Hall–Kier alpha value is -1.06. The third kappa shape index (κ3) is 3.64. The molecular weight excluding hydrogens is 296 g/mol. The SMILES string of the molecule is CC(CC(=O)NC1CCc2cc(Cl)ccc21)C1CCCNC1. The Labute approximate surface area is 137 Å². The van der Waals surface area contributed by atoms with Crippen LogP contribution in [0.25, 0.3) is 0 Å². The van der Waals surface area contributed by atoms with Crippen LogP contribution in [0.2, 0.25) is 5.02 Å². The minimum absolute atomic E-state index is 0.163. The van der Waals surface area contributed by atoms with Gasteiger partial charge in [0.05, 0.1) is 6.04 Å². The zero-order valence-electron chi connectivity index (χ0n) is 13.2. The quantitative estimate of drug-likeness (QED) is 0.892. The van der Waals surface area contributed by atoms with E-state index in [9.17, 15) is 4.79 Å². The molecule has 1 amide bonds. The molecule has 1 aliphatic heterocycles. The number of piperidine rings is 1. The molecule has 2 N–H and O–H groups in total. The highest BCUT2D eigenvalue weighted by atomic mass is 35.5. The maximum Gasteiger partial charge on any atom is 0.220 e. The summed E-state index contributed by atoms with van der Waals surface area (Å²) in [5.74, 6) is 1.26. The summed E-state index contributed by atoms with van der Waals surface area (Å²) in [5.41, 5.74) is 2.52. The number of hydrogen-bond acceptors (Lipinski definition) is 2. The molecule has 3 unspecified atom stereocenters. The molecule has 3 nitrogen and oxygen atoms in total. The van der Waals surface area contributed by atoms with Crippen molar-refractivity contribution in [3.8, 4) is 0 Å². The molecule has 1 aromatic rings. The van der Waals surface area contributed by atoms with Crippen LogP contribution in [0.1, 0.15) is 49.8 Å². The Kier molecular flexibility index (Phi) is 5.04. The molecule has 4 heteroatoms. The number of carbonyl (C=O) groups is 1. The van der Waals surface area contributed by atoms with Gasteiger partial charge in [0.2, 0.25) is 5.91 Å². The van der Waals surface area contributed by atoms with Gasteiger partial charge in [-0.1, -0.05) is 24.6 Å². The number of fused-ring (bicyclic) bond motifs is 1. The molecule has 0 spiro atoms. The fourth-order valence-electron chi connectivity index (χ4n) is 3.81. The zero-order chi connectivity index (χ0) is 15.5. The molecule has 0 bridgehead atoms. The van der Waals surface area contributed by atoms with Crippen molar-refractivity contribution in [1.82, 2.24) is 10.6 Å². The van der Waals surface area contributed by atoms with Gasteiger partial charge in [0.15, 0.2) is 0 Å². The number of rotatable bonds is 4. The van der Waals surface area contributed by atoms with Crippen molar-refractivity contribution >= 4 is 17.5 Å². The van der Waals surface area contributed by atoms with Crippen LogP contribution in [-0.4, -0.2) is 19.0 Å². The zero-order valence-corrected chi connectivity index (χ0v) is 14.0. The van der Waals surface area contributed by atoms with Gasteiger partial charge in [-0.25, -0.2) is 0 Å². The van der Waals surface area contributed by atoms with Crippen molar-refractivity contribution in [3.63, 3.8) is 0 Å². The largest absolute Gasteiger partial charge is 0.349 e. The first kappa shape index (κ1) is 15.8. The maximum atomic E-state index is 12.4. The highest BCUT2D eigenvalue weighted by molar-refractivity contribution is 6.30. The minimum atomic E-state index is 0.163. The monoisotopic (exact) mass is 320 g/mol. The van der Waals surface area contributed by atoms with Crippen LogP contribution in [0, 0.1) is 11.8 Å². The first-order chi connectivity index (χ1) is 10.6. The van der Waals surface area contributed by atoms with Crippen molar-refractivity contribution in [1.29, 1.82) is 0 Å². The van der Waals surface area contributed by atoms with Gasteiger partial charge in [0.25, 0.3) is 0 Å². The molecule has 1 fully saturated rings. The normalized spacial score (nSPS) is 25.5. The van der Waals surface area contributed by atoms with Crippen LogP contribution < -0.4 is 10.6 Å². The van der Waals surface area contributed by atoms with E-state index in [4.69, 9.17) is 11.6 Å². The lowest BCUT2D eigenvalue weighted by Crippen LogP contribution is -2.36. The molecule has 1 aliphatic carbocycles. The van der Waals surface area contributed by atoms with E-state index in [2.05, 4.69) is 23.6 Å². The van der Waals surface area contributed by atoms with Crippen molar-refractivity contribution in [3.05, 3.63) is 34.3 Å². The number of nitrogens with one attached hydrogen (secondary N) is 2. The highest BCUT2D eigenvalue weighted by Gasteiger charge is 2.26. The van der Waals surface area contributed by atoms with Crippen LogP contribution in [0.5, 0.6) is 0 Å². The second-order valence-corrected chi connectivity index (χ2v) is 7.23. The topological polar surface area (TPSA) is 41.1 Å². The number of carbonyl (C=O) groups excluding carboxylic acids is 1. The lowest BCUT2D eigenvalue weighted by Gasteiger charge is -2.28. The van der Waals surface area contributed by atoms with Crippen LogP contribution in [0.3, 0.4) is 0 Å². The smallest absolute Gasteiger partial charge is 0.220 e. The number of halogens is 1. The molecule has 22 heavy (non-hydrogen) atoms. The molecule has 2 aliphatic rings. The Bertz CT molecular complexity index is 540. The summed E-state index contributed by atoms with van der Waals surface area (Å²) >= 11 is 6.04. The Morgan fingerprint density at radius 2 is 2.32 bits per heavy atom. The van der Waals surface area contributed by atoms with E-state index in [1.165, 1.54) is 24.0 Å². The van der Waals surface area contributed by atoms with Crippen LogP contribution in [-0.2, 0) is 11.2 Å². The molecule has 1 aromatic carbocycles. The van der Waals surface area contributed by atoms with Crippen LogP contribution >= 0.6 is 11.6 Å². The van der Waals surface area contributed by atoms with Gasteiger partial charge >= 0.3 is 0 Å². The van der Waals surface area contributed by atoms with E-state index in [0.717, 1.165) is 31.0 Å². The molecule has 0 radical (unpaired) electrons. The van der Waals surface area contributed by atoms with E-state index in [0.29, 0.717) is 18.3 Å². The molecule has 0 saturated carbocycles. The molecule has 1 heterocycles. The molecule has 0 aromatic heterocycles. The van der Waals surface area contributed by atoms with Crippen molar-refractivity contribution in [2.75, 3.05) is 13.1 Å². The van der Waals surface area contributed by atoms with Gasteiger partial charge in [-0.15, -0.1) is 0 Å². The number of benzene rings is 1. The van der Waals surface area contributed by atoms with Crippen LogP contribution in [0.15, 0.2) is 18.2 Å². The van der Waals surface area contributed by atoms with Crippen molar-refractivity contribution < 1.29 is 4.79 Å². The molecule has 3 rings (SSSR count). The second kappa shape index (κ2) is 7.01. The molecule has 3 atom stereocenters. The van der Waals surface area contributed by atoms with Crippen molar-refractivity contribution in [2.45, 2.75) is 45.1 Å². The second-order valence-electron chi connectivity index (χ2n) is 6.79. The van der Waals surface area contributed by atoms with E-state index < -0.39 is 0 Å². The fraction of sp³-hybridized carbons (Fsp3) is 0.611. The fourth-order valence-corrected chi connectivity index (χ4v) is 4.01. The van der Waals surface area contributed by atoms with Gasteiger partial charge in [0.1, 0.15) is 0 Å². The van der Waals surface area contributed by atoms with E-state index in [1.807, 2.05) is 12.1 Å². The third-order valence-corrected chi connectivity index (χ3v) is 5.40. The lowest BCUT2D eigenvalue weighted by molar-refractivity contribution is -0.123. The number of amides is 1.